The molecular formula is C21H32FN3O2. The van der Waals surface area contributed by atoms with Gasteiger partial charge < -0.3 is 15.5 Å². The summed E-state index contributed by atoms with van der Waals surface area (Å²) in [5.74, 6) is -0.165. The first kappa shape index (κ1) is 21.4. The van der Waals surface area contributed by atoms with Crippen LogP contribution in [0.25, 0.3) is 0 Å². The van der Waals surface area contributed by atoms with Gasteiger partial charge in [0, 0.05) is 12.1 Å². The molecule has 1 aromatic rings. The number of nitrogens with zero attached hydrogens (tertiary/aromatic N) is 1. The third kappa shape index (κ3) is 6.94. The van der Waals surface area contributed by atoms with Crippen molar-refractivity contribution in [2.75, 3.05) is 26.2 Å². The Hall–Kier alpha value is -1.95. The molecule has 1 heterocycles. The molecule has 150 valence electrons. The van der Waals surface area contributed by atoms with E-state index in [1.54, 1.807) is 0 Å². The van der Waals surface area contributed by atoms with Gasteiger partial charge in [0.05, 0.1) is 0 Å². The van der Waals surface area contributed by atoms with E-state index >= 15 is 0 Å². The number of hydrogen-bond donors (Lipinski definition) is 2. The summed E-state index contributed by atoms with van der Waals surface area (Å²) in [5.41, 5.74) is 0.342. The predicted molar refractivity (Wildman–Crippen MR) is 105 cm³/mol. The standard InChI is InChI=1S/C21H32FN3O2/c1-15(2)19(24-20(26)17-5-7-18(22)8-6-17)21(27)23-11-4-12-25-13-9-16(3)10-14-25/h5-8,15-16,19H,4,9-14H2,1-3H3,(H,23,27)(H,24,26). The molecule has 27 heavy (non-hydrogen) atoms. The summed E-state index contributed by atoms with van der Waals surface area (Å²) >= 11 is 0. The molecule has 0 aromatic heterocycles. The molecule has 1 fully saturated rings. The van der Waals surface area contributed by atoms with E-state index in [-0.39, 0.29) is 17.7 Å². The highest BCUT2D eigenvalue weighted by Crippen LogP contribution is 2.15. The molecule has 2 amide bonds. The molecule has 0 spiro atoms. The summed E-state index contributed by atoms with van der Waals surface area (Å²) in [6, 6.07) is 4.69. The SMILES string of the molecule is CC1CCN(CCCNC(=O)C(NC(=O)c2ccc(F)cc2)C(C)C)CC1. The number of benzene rings is 1. The van der Waals surface area contributed by atoms with Crippen molar-refractivity contribution >= 4 is 11.8 Å². The lowest BCUT2D eigenvalue weighted by atomic mass is 9.99. The minimum Gasteiger partial charge on any atom is -0.354 e. The summed E-state index contributed by atoms with van der Waals surface area (Å²) in [6.45, 7) is 9.94. The first-order valence-electron chi connectivity index (χ1n) is 9.93. The fourth-order valence-corrected chi connectivity index (χ4v) is 3.27. The highest BCUT2D eigenvalue weighted by molar-refractivity contribution is 5.97. The van der Waals surface area contributed by atoms with E-state index in [9.17, 15) is 14.0 Å². The van der Waals surface area contributed by atoms with Crippen molar-refractivity contribution in [1.29, 1.82) is 0 Å². The van der Waals surface area contributed by atoms with Gasteiger partial charge in [-0.1, -0.05) is 20.8 Å². The van der Waals surface area contributed by atoms with E-state index in [2.05, 4.69) is 22.5 Å². The lowest BCUT2D eigenvalue weighted by molar-refractivity contribution is -0.123. The molecule has 0 radical (unpaired) electrons. The number of likely N-dealkylation sites (tertiary alicyclic amines) is 1. The zero-order valence-corrected chi connectivity index (χ0v) is 16.6. The van der Waals surface area contributed by atoms with E-state index in [1.165, 1.54) is 37.1 Å². The normalized spacial score (nSPS) is 16.9. The van der Waals surface area contributed by atoms with Crippen molar-refractivity contribution in [2.24, 2.45) is 11.8 Å². The van der Waals surface area contributed by atoms with Gasteiger partial charge in [-0.15, -0.1) is 0 Å². The summed E-state index contributed by atoms with van der Waals surface area (Å²) in [7, 11) is 0. The van der Waals surface area contributed by atoms with Crippen LogP contribution in [0.5, 0.6) is 0 Å². The van der Waals surface area contributed by atoms with E-state index in [1.807, 2.05) is 13.8 Å². The first-order chi connectivity index (χ1) is 12.9. The highest BCUT2D eigenvalue weighted by atomic mass is 19.1. The van der Waals surface area contributed by atoms with Crippen LogP contribution < -0.4 is 10.6 Å². The smallest absolute Gasteiger partial charge is 0.251 e. The number of halogens is 1. The second kappa shape index (κ2) is 10.4. The average molecular weight is 378 g/mol. The Labute approximate surface area is 161 Å². The van der Waals surface area contributed by atoms with E-state index in [0.29, 0.717) is 12.1 Å². The van der Waals surface area contributed by atoms with Crippen LogP contribution in [0.3, 0.4) is 0 Å². The maximum Gasteiger partial charge on any atom is 0.251 e. The maximum absolute atomic E-state index is 13.0. The van der Waals surface area contributed by atoms with Crippen molar-refractivity contribution in [2.45, 2.75) is 46.1 Å². The van der Waals surface area contributed by atoms with Crippen LogP contribution in [0.4, 0.5) is 4.39 Å². The second-order valence-corrected chi connectivity index (χ2v) is 7.87. The minimum absolute atomic E-state index is 0.0435. The number of carbonyl (C=O) groups excluding carboxylic acids is 2. The van der Waals surface area contributed by atoms with Crippen LogP contribution in [0, 0.1) is 17.7 Å². The zero-order valence-electron chi connectivity index (χ0n) is 16.6. The largest absolute Gasteiger partial charge is 0.354 e. The monoisotopic (exact) mass is 377 g/mol. The number of nitrogens with one attached hydrogen (secondary N) is 2. The number of piperidine rings is 1. The summed E-state index contributed by atoms with van der Waals surface area (Å²) in [5, 5.41) is 5.70. The first-order valence-corrected chi connectivity index (χ1v) is 9.93. The quantitative estimate of drug-likeness (QED) is 0.685. The fourth-order valence-electron chi connectivity index (χ4n) is 3.27. The number of rotatable bonds is 8. The van der Waals surface area contributed by atoms with Crippen LogP contribution in [0.2, 0.25) is 0 Å². The minimum atomic E-state index is -0.613. The van der Waals surface area contributed by atoms with E-state index in [4.69, 9.17) is 0 Å². The molecule has 1 aliphatic heterocycles. The van der Waals surface area contributed by atoms with Gasteiger partial charge in [0.25, 0.3) is 5.91 Å². The van der Waals surface area contributed by atoms with Gasteiger partial charge in [0.15, 0.2) is 0 Å². The Morgan fingerprint density at radius 2 is 1.81 bits per heavy atom. The van der Waals surface area contributed by atoms with Crippen molar-refractivity contribution in [1.82, 2.24) is 15.5 Å². The molecule has 1 aliphatic rings. The van der Waals surface area contributed by atoms with Gasteiger partial charge in [0.2, 0.25) is 5.91 Å². The van der Waals surface area contributed by atoms with Crippen molar-refractivity contribution in [3.8, 4) is 0 Å². The third-order valence-electron chi connectivity index (χ3n) is 5.17. The lowest BCUT2D eigenvalue weighted by Gasteiger charge is -2.30. The maximum atomic E-state index is 13.0. The molecule has 2 N–H and O–H groups in total. The average Bonchev–Trinajstić information content (AvgIpc) is 2.64. The molecule has 6 heteroatoms. The van der Waals surface area contributed by atoms with Crippen LogP contribution in [-0.2, 0) is 4.79 Å². The summed E-state index contributed by atoms with van der Waals surface area (Å²) in [6.07, 6.45) is 3.39. The van der Waals surface area contributed by atoms with E-state index < -0.39 is 11.9 Å². The Kier molecular flexibility index (Phi) is 8.23. The van der Waals surface area contributed by atoms with Gasteiger partial charge in [-0.2, -0.15) is 0 Å². The molecule has 1 saturated heterocycles. The van der Waals surface area contributed by atoms with Crippen molar-refractivity contribution < 1.29 is 14.0 Å². The molecule has 0 aliphatic carbocycles. The zero-order chi connectivity index (χ0) is 19.8. The Morgan fingerprint density at radius 1 is 1.19 bits per heavy atom. The third-order valence-corrected chi connectivity index (χ3v) is 5.17. The van der Waals surface area contributed by atoms with Crippen molar-refractivity contribution in [3.63, 3.8) is 0 Å². The predicted octanol–water partition coefficient (Wildman–Crippen LogP) is 2.82. The molecule has 1 aromatic carbocycles. The van der Waals surface area contributed by atoms with Gasteiger partial charge in [-0.3, -0.25) is 9.59 Å². The van der Waals surface area contributed by atoms with Gasteiger partial charge >= 0.3 is 0 Å². The molecule has 2 rings (SSSR count). The summed E-state index contributed by atoms with van der Waals surface area (Å²) in [4.78, 5) is 27.3. The molecule has 1 unspecified atom stereocenters. The molecule has 1 atom stereocenters. The van der Waals surface area contributed by atoms with Crippen molar-refractivity contribution in [3.05, 3.63) is 35.6 Å². The topological polar surface area (TPSA) is 61.4 Å². The molecule has 0 bridgehead atoms. The van der Waals surface area contributed by atoms with Gasteiger partial charge in [-0.05, 0) is 75.0 Å². The number of carbonyl (C=O) groups is 2. The van der Waals surface area contributed by atoms with Gasteiger partial charge in [0.1, 0.15) is 11.9 Å². The fraction of sp³-hybridized carbons (Fsp3) is 0.619. The Balaban J connectivity index is 1.76. The molecule has 0 saturated carbocycles. The highest BCUT2D eigenvalue weighted by Gasteiger charge is 2.24. The molecule has 5 nitrogen and oxygen atoms in total. The Morgan fingerprint density at radius 3 is 2.41 bits per heavy atom. The van der Waals surface area contributed by atoms with Crippen LogP contribution >= 0.6 is 0 Å². The Bertz CT molecular complexity index is 610. The number of hydrogen-bond acceptors (Lipinski definition) is 3. The summed E-state index contributed by atoms with van der Waals surface area (Å²) < 4.78 is 13.0. The molecular weight excluding hydrogens is 345 g/mol. The van der Waals surface area contributed by atoms with Gasteiger partial charge in [-0.25, -0.2) is 4.39 Å². The van der Waals surface area contributed by atoms with Crippen LogP contribution in [-0.4, -0.2) is 48.9 Å². The lowest BCUT2D eigenvalue weighted by Crippen LogP contribution is -2.50. The van der Waals surface area contributed by atoms with Crippen LogP contribution in [0.1, 0.15) is 50.4 Å². The van der Waals surface area contributed by atoms with Crippen LogP contribution in [0.15, 0.2) is 24.3 Å². The van der Waals surface area contributed by atoms with E-state index in [0.717, 1.165) is 32.0 Å². The number of amides is 2. The second-order valence-electron chi connectivity index (χ2n) is 7.87.